The number of hydrogen-bond donors (Lipinski definition) is 1. The summed E-state index contributed by atoms with van der Waals surface area (Å²) in [6, 6.07) is 11.9. The third-order valence-corrected chi connectivity index (χ3v) is 3.29. The Bertz CT molecular complexity index is 638. The molecule has 0 aliphatic heterocycles. The Balaban J connectivity index is 1.72. The van der Waals surface area contributed by atoms with Gasteiger partial charge in [0.25, 0.3) is 0 Å². The fourth-order valence-corrected chi connectivity index (χ4v) is 2.16. The zero-order chi connectivity index (χ0) is 15.9. The molecule has 0 fully saturated rings. The molecule has 1 N–H and O–H groups in total. The molecule has 0 bridgehead atoms. The molecule has 2 rings (SSSR count). The van der Waals surface area contributed by atoms with Crippen LogP contribution in [0.1, 0.15) is 16.7 Å². The van der Waals surface area contributed by atoms with Gasteiger partial charge in [-0.3, -0.25) is 4.79 Å². The SMILES string of the molecule is Cc1ccc(OCCNC(=O)Cc2ccc(F)cc2)c(C)c1. The molecule has 0 radical (unpaired) electrons. The molecule has 0 aliphatic carbocycles. The number of carbonyl (C=O) groups excluding carboxylic acids is 1. The minimum atomic E-state index is -0.300. The maximum atomic E-state index is 12.8. The maximum Gasteiger partial charge on any atom is 0.224 e. The van der Waals surface area contributed by atoms with Gasteiger partial charge < -0.3 is 10.1 Å². The number of rotatable bonds is 6. The summed E-state index contributed by atoms with van der Waals surface area (Å²) in [5, 5.41) is 2.79. The molecule has 2 aromatic carbocycles. The predicted octanol–water partition coefficient (Wildman–Crippen LogP) is 3.18. The Labute approximate surface area is 130 Å². The highest BCUT2D eigenvalue weighted by Crippen LogP contribution is 2.18. The molecule has 0 heterocycles. The normalized spacial score (nSPS) is 10.3. The van der Waals surface area contributed by atoms with Crippen LogP contribution in [0.2, 0.25) is 0 Å². The van der Waals surface area contributed by atoms with E-state index in [9.17, 15) is 9.18 Å². The van der Waals surface area contributed by atoms with Crippen LogP contribution in [0, 0.1) is 19.7 Å². The van der Waals surface area contributed by atoms with Gasteiger partial charge >= 0.3 is 0 Å². The second-order valence-electron chi connectivity index (χ2n) is 5.27. The molecule has 0 saturated carbocycles. The fraction of sp³-hybridized carbons (Fsp3) is 0.278. The van der Waals surface area contributed by atoms with Crippen LogP contribution in [0.15, 0.2) is 42.5 Å². The van der Waals surface area contributed by atoms with Crippen molar-refractivity contribution in [3.05, 3.63) is 65.0 Å². The Kier molecular flexibility index (Phi) is 5.53. The molecule has 116 valence electrons. The molecule has 4 heteroatoms. The zero-order valence-electron chi connectivity index (χ0n) is 12.9. The first kappa shape index (κ1) is 16.0. The van der Waals surface area contributed by atoms with E-state index in [1.807, 2.05) is 26.0 Å². The molecule has 1 amide bonds. The van der Waals surface area contributed by atoms with E-state index in [1.165, 1.54) is 17.7 Å². The summed E-state index contributed by atoms with van der Waals surface area (Å²) in [4.78, 5) is 11.8. The van der Waals surface area contributed by atoms with E-state index in [1.54, 1.807) is 12.1 Å². The van der Waals surface area contributed by atoms with Crippen LogP contribution in [0.25, 0.3) is 0 Å². The second kappa shape index (κ2) is 7.59. The van der Waals surface area contributed by atoms with Gasteiger partial charge in [-0.15, -0.1) is 0 Å². The van der Waals surface area contributed by atoms with Crippen molar-refractivity contribution >= 4 is 5.91 Å². The monoisotopic (exact) mass is 301 g/mol. The number of carbonyl (C=O) groups is 1. The molecule has 22 heavy (non-hydrogen) atoms. The van der Waals surface area contributed by atoms with Crippen molar-refractivity contribution in [1.82, 2.24) is 5.32 Å². The average molecular weight is 301 g/mol. The summed E-state index contributed by atoms with van der Waals surface area (Å²) in [5.74, 6) is 0.431. The van der Waals surface area contributed by atoms with E-state index in [0.717, 1.165) is 16.9 Å². The minimum absolute atomic E-state index is 0.101. The lowest BCUT2D eigenvalue weighted by atomic mass is 10.1. The summed E-state index contributed by atoms with van der Waals surface area (Å²) in [5.41, 5.74) is 3.06. The van der Waals surface area contributed by atoms with Crippen molar-refractivity contribution in [2.45, 2.75) is 20.3 Å². The summed E-state index contributed by atoms with van der Waals surface area (Å²) >= 11 is 0. The molecular formula is C18H20FNO2. The molecule has 0 saturated heterocycles. The predicted molar refractivity (Wildman–Crippen MR) is 84.5 cm³/mol. The molecular weight excluding hydrogens is 281 g/mol. The van der Waals surface area contributed by atoms with E-state index in [4.69, 9.17) is 4.74 Å². The first-order valence-electron chi connectivity index (χ1n) is 7.26. The molecule has 3 nitrogen and oxygen atoms in total. The van der Waals surface area contributed by atoms with Crippen LogP contribution in [0.5, 0.6) is 5.75 Å². The Hall–Kier alpha value is -2.36. The van der Waals surface area contributed by atoms with Crippen molar-refractivity contribution in [3.63, 3.8) is 0 Å². The first-order chi connectivity index (χ1) is 10.5. The van der Waals surface area contributed by atoms with Crippen LogP contribution in [0.3, 0.4) is 0 Å². The van der Waals surface area contributed by atoms with Crippen molar-refractivity contribution in [3.8, 4) is 5.75 Å². The number of hydrogen-bond acceptors (Lipinski definition) is 2. The molecule has 0 unspecified atom stereocenters. The maximum absolute atomic E-state index is 12.8. The molecule has 0 aliphatic rings. The van der Waals surface area contributed by atoms with E-state index >= 15 is 0 Å². The van der Waals surface area contributed by atoms with Crippen LogP contribution in [-0.2, 0) is 11.2 Å². The van der Waals surface area contributed by atoms with Gasteiger partial charge in [0, 0.05) is 0 Å². The number of amides is 1. The van der Waals surface area contributed by atoms with Crippen molar-refractivity contribution < 1.29 is 13.9 Å². The fourth-order valence-electron chi connectivity index (χ4n) is 2.16. The first-order valence-corrected chi connectivity index (χ1v) is 7.26. The van der Waals surface area contributed by atoms with E-state index in [0.29, 0.717) is 13.2 Å². The van der Waals surface area contributed by atoms with E-state index in [2.05, 4.69) is 11.4 Å². The third-order valence-electron chi connectivity index (χ3n) is 3.29. The van der Waals surface area contributed by atoms with Crippen molar-refractivity contribution in [1.29, 1.82) is 0 Å². The van der Waals surface area contributed by atoms with Gasteiger partial charge in [-0.05, 0) is 43.2 Å². The molecule has 0 aromatic heterocycles. The van der Waals surface area contributed by atoms with Crippen LogP contribution in [0.4, 0.5) is 4.39 Å². The van der Waals surface area contributed by atoms with Crippen LogP contribution in [-0.4, -0.2) is 19.1 Å². The zero-order valence-corrected chi connectivity index (χ0v) is 12.9. The van der Waals surface area contributed by atoms with E-state index < -0.39 is 0 Å². The van der Waals surface area contributed by atoms with Gasteiger partial charge in [0.15, 0.2) is 0 Å². The Morgan fingerprint density at radius 2 is 1.86 bits per heavy atom. The number of nitrogens with one attached hydrogen (secondary N) is 1. The lowest BCUT2D eigenvalue weighted by Crippen LogP contribution is -2.29. The minimum Gasteiger partial charge on any atom is -0.491 e. The summed E-state index contributed by atoms with van der Waals surface area (Å²) in [7, 11) is 0. The highest BCUT2D eigenvalue weighted by atomic mass is 19.1. The summed E-state index contributed by atoms with van der Waals surface area (Å²) in [6.07, 6.45) is 0.240. The van der Waals surface area contributed by atoms with Crippen molar-refractivity contribution in [2.24, 2.45) is 0 Å². The van der Waals surface area contributed by atoms with Gasteiger partial charge in [0.2, 0.25) is 5.91 Å². The highest BCUT2D eigenvalue weighted by Gasteiger charge is 2.04. The second-order valence-corrected chi connectivity index (χ2v) is 5.27. The summed E-state index contributed by atoms with van der Waals surface area (Å²) < 4.78 is 18.4. The topological polar surface area (TPSA) is 38.3 Å². The third kappa shape index (κ3) is 4.88. The number of benzene rings is 2. The van der Waals surface area contributed by atoms with Crippen LogP contribution >= 0.6 is 0 Å². The lowest BCUT2D eigenvalue weighted by molar-refractivity contribution is -0.120. The summed E-state index contributed by atoms with van der Waals surface area (Å²) in [6.45, 7) is 4.88. The molecule has 0 spiro atoms. The largest absolute Gasteiger partial charge is 0.491 e. The standard InChI is InChI=1S/C18H20FNO2/c1-13-3-8-17(14(2)11-13)22-10-9-20-18(21)12-15-4-6-16(19)7-5-15/h3-8,11H,9-10,12H2,1-2H3,(H,20,21). The Morgan fingerprint density at radius 3 is 2.55 bits per heavy atom. The number of ether oxygens (including phenoxy) is 1. The van der Waals surface area contributed by atoms with Gasteiger partial charge in [-0.1, -0.05) is 29.8 Å². The Morgan fingerprint density at radius 1 is 1.14 bits per heavy atom. The highest BCUT2D eigenvalue weighted by molar-refractivity contribution is 5.78. The van der Waals surface area contributed by atoms with Gasteiger partial charge in [0.05, 0.1) is 13.0 Å². The lowest BCUT2D eigenvalue weighted by Gasteiger charge is -2.10. The number of halogens is 1. The van der Waals surface area contributed by atoms with Gasteiger partial charge in [-0.25, -0.2) is 4.39 Å². The van der Waals surface area contributed by atoms with Gasteiger partial charge in [0.1, 0.15) is 18.2 Å². The average Bonchev–Trinajstić information content (AvgIpc) is 2.48. The van der Waals surface area contributed by atoms with E-state index in [-0.39, 0.29) is 18.1 Å². The van der Waals surface area contributed by atoms with Crippen LogP contribution < -0.4 is 10.1 Å². The van der Waals surface area contributed by atoms with Gasteiger partial charge in [-0.2, -0.15) is 0 Å². The quantitative estimate of drug-likeness (QED) is 0.832. The van der Waals surface area contributed by atoms with Crippen molar-refractivity contribution in [2.75, 3.05) is 13.2 Å². The molecule has 2 aromatic rings. The molecule has 0 atom stereocenters. The smallest absolute Gasteiger partial charge is 0.224 e. The number of aryl methyl sites for hydroxylation is 2.